The minimum Gasteiger partial charge on any atom is -0.306 e. The Hall–Kier alpha value is -1.17. The third kappa shape index (κ3) is 4.66. The first-order valence-electron chi connectivity index (χ1n) is 6.64. The van der Waals surface area contributed by atoms with Crippen LogP contribution in [0.15, 0.2) is 57.9 Å². The van der Waals surface area contributed by atoms with Gasteiger partial charge in [0.25, 0.3) is 0 Å². The summed E-state index contributed by atoms with van der Waals surface area (Å²) in [6.07, 6.45) is 1.22. The highest BCUT2D eigenvalue weighted by Crippen LogP contribution is 2.17. The van der Waals surface area contributed by atoms with Gasteiger partial charge >= 0.3 is 0 Å². The van der Waals surface area contributed by atoms with Crippen molar-refractivity contribution in [2.45, 2.75) is 24.4 Å². The standard InChI is InChI=1S/C16H18BrNO2S/c1-12(18-11-13-3-7-15(17)8-4-13)14-5-9-16(10-6-14)21(2,19)20/h3-10,12,18H,11H2,1-2H3. The summed E-state index contributed by atoms with van der Waals surface area (Å²) in [5.41, 5.74) is 2.28. The van der Waals surface area contributed by atoms with Crippen molar-refractivity contribution in [1.82, 2.24) is 5.32 Å². The number of nitrogens with one attached hydrogen (secondary N) is 1. The van der Waals surface area contributed by atoms with Gasteiger partial charge in [-0.05, 0) is 42.3 Å². The van der Waals surface area contributed by atoms with Crippen LogP contribution in [0, 0.1) is 0 Å². The van der Waals surface area contributed by atoms with Gasteiger partial charge in [-0.25, -0.2) is 8.42 Å². The smallest absolute Gasteiger partial charge is 0.175 e. The van der Waals surface area contributed by atoms with Crippen LogP contribution in [-0.2, 0) is 16.4 Å². The normalized spacial score (nSPS) is 13.1. The van der Waals surface area contributed by atoms with E-state index >= 15 is 0 Å². The van der Waals surface area contributed by atoms with Crippen molar-refractivity contribution in [2.75, 3.05) is 6.26 Å². The van der Waals surface area contributed by atoms with Crippen LogP contribution < -0.4 is 5.32 Å². The molecule has 0 amide bonds. The quantitative estimate of drug-likeness (QED) is 0.875. The molecule has 2 aromatic carbocycles. The van der Waals surface area contributed by atoms with E-state index in [0.29, 0.717) is 4.90 Å². The van der Waals surface area contributed by atoms with E-state index in [0.717, 1.165) is 16.6 Å². The highest BCUT2D eigenvalue weighted by Gasteiger charge is 2.09. The molecular formula is C16H18BrNO2S. The maximum Gasteiger partial charge on any atom is 0.175 e. The lowest BCUT2D eigenvalue weighted by Crippen LogP contribution is -2.18. The lowest BCUT2D eigenvalue weighted by molar-refractivity contribution is 0.574. The molecule has 0 radical (unpaired) electrons. The molecule has 2 rings (SSSR count). The van der Waals surface area contributed by atoms with Crippen LogP contribution in [0.1, 0.15) is 24.1 Å². The summed E-state index contributed by atoms with van der Waals surface area (Å²) in [5, 5.41) is 3.43. The average Bonchev–Trinajstić information content (AvgIpc) is 2.45. The fourth-order valence-corrected chi connectivity index (χ4v) is 2.89. The predicted octanol–water partition coefficient (Wildman–Crippen LogP) is 3.70. The molecule has 0 aromatic heterocycles. The van der Waals surface area contributed by atoms with E-state index in [2.05, 4.69) is 40.3 Å². The molecule has 21 heavy (non-hydrogen) atoms. The molecule has 0 saturated heterocycles. The number of benzene rings is 2. The summed E-state index contributed by atoms with van der Waals surface area (Å²) in [7, 11) is -3.13. The van der Waals surface area contributed by atoms with E-state index in [1.165, 1.54) is 11.8 Å². The molecule has 1 unspecified atom stereocenters. The minimum atomic E-state index is -3.13. The zero-order chi connectivity index (χ0) is 15.5. The SMILES string of the molecule is CC(NCc1ccc(Br)cc1)c1ccc(S(C)(=O)=O)cc1. The summed E-state index contributed by atoms with van der Waals surface area (Å²) >= 11 is 3.42. The summed E-state index contributed by atoms with van der Waals surface area (Å²) in [6, 6.07) is 15.3. The first-order chi connectivity index (χ1) is 9.86. The fourth-order valence-electron chi connectivity index (χ4n) is 1.99. The first-order valence-corrected chi connectivity index (χ1v) is 9.32. The molecule has 0 bridgehead atoms. The topological polar surface area (TPSA) is 46.2 Å². The molecule has 0 aliphatic rings. The molecular weight excluding hydrogens is 350 g/mol. The fraction of sp³-hybridized carbons (Fsp3) is 0.250. The second-order valence-electron chi connectivity index (χ2n) is 5.07. The minimum absolute atomic E-state index is 0.155. The van der Waals surface area contributed by atoms with Gasteiger partial charge in [0.15, 0.2) is 9.84 Å². The predicted molar refractivity (Wildman–Crippen MR) is 88.9 cm³/mol. The number of halogens is 1. The van der Waals surface area contributed by atoms with Crippen molar-refractivity contribution in [1.29, 1.82) is 0 Å². The van der Waals surface area contributed by atoms with Crippen LogP contribution in [0.3, 0.4) is 0 Å². The van der Waals surface area contributed by atoms with Gasteiger partial charge in [0.05, 0.1) is 4.90 Å². The van der Waals surface area contributed by atoms with Gasteiger partial charge < -0.3 is 5.32 Å². The van der Waals surface area contributed by atoms with Gasteiger partial charge in [-0.3, -0.25) is 0 Å². The maximum absolute atomic E-state index is 11.4. The van der Waals surface area contributed by atoms with Gasteiger partial charge in [0.2, 0.25) is 0 Å². The summed E-state index contributed by atoms with van der Waals surface area (Å²) in [5.74, 6) is 0. The molecule has 0 fully saturated rings. The monoisotopic (exact) mass is 367 g/mol. The molecule has 0 heterocycles. The summed E-state index contributed by atoms with van der Waals surface area (Å²) < 4.78 is 23.9. The molecule has 1 N–H and O–H groups in total. The van der Waals surface area contributed by atoms with Crippen molar-refractivity contribution in [3.05, 3.63) is 64.1 Å². The van der Waals surface area contributed by atoms with Crippen LogP contribution in [-0.4, -0.2) is 14.7 Å². The lowest BCUT2D eigenvalue weighted by Gasteiger charge is -2.15. The molecule has 1 atom stereocenters. The Balaban J connectivity index is 2.00. The second kappa shape index (κ2) is 6.73. The van der Waals surface area contributed by atoms with E-state index in [1.807, 2.05) is 24.3 Å². The summed E-state index contributed by atoms with van der Waals surface area (Å²) in [6.45, 7) is 2.83. The van der Waals surface area contributed by atoms with Crippen molar-refractivity contribution in [3.63, 3.8) is 0 Å². The Labute approximate surface area is 134 Å². The molecule has 0 aliphatic carbocycles. The zero-order valence-electron chi connectivity index (χ0n) is 12.0. The number of hydrogen-bond donors (Lipinski definition) is 1. The number of sulfone groups is 1. The van der Waals surface area contributed by atoms with Gasteiger partial charge in [-0.1, -0.05) is 40.2 Å². The van der Waals surface area contributed by atoms with E-state index in [9.17, 15) is 8.42 Å². The number of rotatable bonds is 5. The lowest BCUT2D eigenvalue weighted by atomic mass is 10.1. The van der Waals surface area contributed by atoms with E-state index < -0.39 is 9.84 Å². The summed E-state index contributed by atoms with van der Waals surface area (Å²) in [4.78, 5) is 0.353. The highest BCUT2D eigenvalue weighted by atomic mass is 79.9. The van der Waals surface area contributed by atoms with Crippen LogP contribution in [0.25, 0.3) is 0 Å². The molecule has 112 valence electrons. The Bertz CT molecular complexity index is 694. The van der Waals surface area contributed by atoms with Crippen LogP contribution >= 0.6 is 15.9 Å². The molecule has 0 spiro atoms. The highest BCUT2D eigenvalue weighted by molar-refractivity contribution is 9.10. The third-order valence-electron chi connectivity index (χ3n) is 3.33. The average molecular weight is 368 g/mol. The molecule has 0 aliphatic heterocycles. The van der Waals surface area contributed by atoms with Crippen LogP contribution in [0.2, 0.25) is 0 Å². The van der Waals surface area contributed by atoms with Gasteiger partial charge in [-0.2, -0.15) is 0 Å². The van der Waals surface area contributed by atoms with Crippen molar-refractivity contribution in [2.24, 2.45) is 0 Å². The molecule has 3 nitrogen and oxygen atoms in total. The largest absolute Gasteiger partial charge is 0.306 e. The Morgan fingerprint density at radius 3 is 2.14 bits per heavy atom. The first kappa shape index (κ1) is 16.2. The van der Waals surface area contributed by atoms with Gasteiger partial charge in [0, 0.05) is 23.3 Å². The van der Waals surface area contributed by atoms with Gasteiger partial charge in [-0.15, -0.1) is 0 Å². The van der Waals surface area contributed by atoms with Crippen molar-refractivity contribution >= 4 is 25.8 Å². The van der Waals surface area contributed by atoms with Crippen LogP contribution in [0.5, 0.6) is 0 Å². The van der Waals surface area contributed by atoms with Gasteiger partial charge in [0.1, 0.15) is 0 Å². The molecule has 0 saturated carbocycles. The van der Waals surface area contributed by atoms with Crippen molar-refractivity contribution in [3.8, 4) is 0 Å². The zero-order valence-corrected chi connectivity index (χ0v) is 14.4. The second-order valence-corrected chi connectivity index (χ2v) is 8.00. The third-order valence-corrected chi connectivity index (χ3v) is 4.99. The molecule has 2 aromatic rings. The van der Waals surface area contributed by atoms with Crippen molar-refractivity contribution < 1.29 is 8.42 Å². The Morgan fingerprint density at radius 1 is 1.05 bits per heavy atom. The molecule has 5 heteroatoms. The Morgan fingerprint density at radius 2 is 1.62 bits per heavy atom. The van der Waals surface area contributed by atoms with Crippen LogP contribution in [0.4, 0.5) is 0 Å². The Kier molecular flexibility index (Phi) is 5.19. The van der Waals surface area contributed by atoms with E-state index in [1.54, 1.807) is 12.1 Å². The maximum atomic E-state index is 11.4. The van der Waals surface area contributed by atoms with E-state index in [-0.39, 0.29) is 6.04 Å². The number of hydrogen-bond acceptors (Lipinski definition) is 3. The van der Waals surface area contributed by atoms with E-state index in [4.69, 9.17) is 0 Å².